The zero-order valence-electron chi connectivity index (χ0n) is 24.3. The number of nitrogens with zero attached hydrogens (tertiary/aromatic N) is 2. The maximum atomic E-state index is 12.2. The minimum Gasteiger partial charge on any atom is -0.480 e. The van der Waals surface area contributed by atoms with E-state index >= 15 is 0 Å². The fourth-order valence-corrected chi connectivity index (χ4v) is 3.46. The lowest BCUT2D eigenvalue weighted by Gasteiger charge is -2.22. The number of carboxylic acids is 1. The number of anilines is 2. The van der Waals surface area contributed by atoms with Crippen LogP contribution in [0.3, 0.4) is 0 Å². The van der Waals surface area contributed by atoms with Gasteiger partial charge in [-0.15, -0.1) is 0 Å². The average molecular weight is 633 g/mol. The summed E-state index contributed by atoms with van der Waals surface area (Å²) in [6.45, 7) is -1.41. The van der Waals surface area contributed by atoms with E-state index in [-0.39, 0.29) is 57.3 Å². The molecule has 242 valence electrons. The Balaban J connectivity index is 1.59. The molecule has 0 aliphatic heterocycles. The summed E-state index contributed by atoms with van der Waals surface area (Å²) < 4.78 is 29.1. The lowest BCUT2D eigenvalue weighted by molar-refractivity contribution is -0.149. The third kappa shape index (κ3) is 13.5. The molecular formula is C29H32N2O14. The van der Waals surface area contributed by atoms with E-state index in [0.29, 0.717) is 24.2 Å². The summed E-state index contributed by atoms with van der Waals surface area (Å²) in [5.41, 5.74) is 1.37. The predicted octanol–water partition coefficient (Wildman–Crippen LogP) is 1.16. The molecule has 0 radical (unpaired) electrons. The van der Waals surface area contributed by atoms with Crippen LogP contribution in [0.5, 0.6) is 0 Å². The fourth-order valence-electron chi connectivity index (χ4n) is 3.46. The van der Waals surface area contributed by atoms with Crippen LogP contribution in [0.4, 0.5) is 11.4 Å². The molecule has 0 aliphatic carbocycles. The summed E-state index contributed by atoms with van der Waals surface area (Å²) in [7, 11) is 1.59. The molecule has 0 atom stereocenters. The molecule has 45 heavy (non-hydrogen) atoms. The number of unbranched alkanes of at least 4 members (excludes halogenated alkanes) is 1. The number of rotatable bonds is 21. The molecule has 0 aliphatic rings. The van der Waals surface area contributed by atoms with Gasteiger partial charge in [0.25, 0.3) is 12.9 Å². The molecule has 16 nitrogen and oxygen atoms in total. The van der Waals surface area contributed by atoms with Crippen LogP contribution in [-0.2, 0) is 52.4 Å². The lowest BCUT2D eigenvalue weighted by Crippen LogP contribution is -2.28. The van der Waals surface area contributed by atoms with Gasteiger partial charge in [-0.2, -0.15) is 0 Å². The van der Waals surface area contributed by atoms with E-state index in [2.05, 4.69) is 9.47 Å². The Morgan fingerprint density at radius 2 is 1.09 bits per heavy atom. The number of likely N-dealkylation sites (N-methyl/N-ethyl adjacent to an activating group) is 1. The van der Waals surface area contributed by atoms with Crippen LogP contribution in [0.25, 0.3) is 0 Å². The van der Waals surface area contributed by atoms with Gasteiger partial charge in [-0.3, -0.25) is 14.4 Å². The van der Waals surface area contributed by atoms with Gasteiger partial charge in [0.15, 0.2) is 26.7 Å². The summed E-state index contributed by atoms with van der Waals surface area (Å²) in [4.78, 5) is 82.6. The second-order valence-corrected chi connectivity index (χ2v) is 8.97. The molecule has 0 saturated carbocycles. The Morgan fingerprint density at radius 3 is 1.49 bits per heavy atom. The summed E-state index contributed by atoms with van der Waals surface area (Å²) in [6, 6.07) is 11.8. The van der Waals surface area contributed by atoms with Gasteiger partial charge in [-0.05, 0) is 61.4 Å². The smallest absolute Gasteiger partial charge is 0.344 e. The number of carbonyl (C=O) groups is 7. The van der Waals surface area contributed by atoms with Gasteiger partial charge < -0.3 is 43.3 Å². The molecule has 0 saturated heterocycles. The van der Waals surface area contributed by atoms with Crippen molar-refractivity contribution in [1.29, 1.82) is 0 Å². The second kappa shape index (κ2) is 19.5. The highest BCUT2D eigenvalue weighted by atomic mass is 16.6. The van der Waals surface area contributed by atoms with Crippen molar-refractivity contribution in [3.63, 3.8) is 0 Å². The fraction of sp³-hybridized carbons (Fsp3) is 0.345. The summed E-state index contributed by atoms with van der Waals surface area (Å²) >= 11 is 0. The van der Waals surface area contributed by atoms with Gasteiger partial charge in [-0.25, -0.2) is 19.2 Å². The topological polar surface area (TPSA) is 202 Å². The van der Waals surface area contributed by atoms with E-state index in [9.17, 15) is 33.6 Å². The number of hydrogen-bond acceptors (Lipinski definition) is 15. The number of benzene rings is 2. The van der Waals surface area contributed by atoms with E-state index in [1.165, 1.54) is 46.2 Å². The summed E-state index contributed by atoms with van der Waals surface area (Å²) in [6.07, 6.45) is 0.687. The van der Waals surface area contributed by atoms with Crippen LogP contribution < -0.4 is 9.80 Å². The first-order valence-electron chi connectivity index (χ1n) is 13.3. The predicted molar refractivity (Wildman–Crippen MR) is 152 cm³/mol. The van der Waals surface area contributed by atoms with E-state index in [0.717, 1.165) is 0 Å². The van der Waals surface area contributed by atoms with E-state index in [4.69, 9.17) is 24.1 Å². The van der Waals surface area contributed by atoms with E-state index in [1.807, 2.05) is 0 Å². The van der Waals surface area contributed by atoms with E-state index < -0.39 is 43.1 Å². The van der Waals surface area contributed by atoms with Crippen LogP contribution in [0.2, 0.25) is 0 Å². The normalized spacial score (nSPS) is 10.1. The van der Waals surface area contributed by atoms with Crippen LogP contribution in [0.1, 0.15) is 33.6 Å². The number of carboxylic acid groups (broad SMARTS) is 1. The number of carbonyl (C=O) groups excluding carboxylic acids is 6. The second-order valence-electron chi connectivity index (χ2n) is 8.97. The number of esters is 4. The highest BCUT2D eigenvalue weighted by molar-refractivity contribution is 5.92. The minimum atomic E-state index is -1.00. The monoisotopic (exact) mass is 632 g/mol. The van der Waals surface area contributed by atoms with Crippen LogP contribution >= 0.6 is 0 Å². The first-order chi connectivity index (χ1) is 21.6. The van der Waals surface area contributed by atoms with Crippen molar-refractivity contribution in [3.8, 4) is 0 Å². The molecule has 0 unspecified atom stereocenters. The van der Waals surface area contributed by atoms with Crippen molar-refractivity contribution >= 4 is 54.2 Å². The minimum absolute atomic E-state index is 0.0104. The zero-order chi connectivity index (χ0) is 33.0. The summed E-state index contributed by atoms with van der Waals surface area (Å²) in [5, 5.41) is 8.84. The van der Waals surface area contributed by atoms with E-state index in [1.54, 1.807) is 19.2 Å². The molecule has 0 aromatic heterocycles. The van der Waals surface area contributed by atoms with Crippen molar-refractivity contribution in [1.82, 2.24) is 0 Å². The van der Waals surface area contributed by atoms with Crippen LogP contribution in [0, 0.1) is 0 Å². The number of ether oxygens (including phenoxy) is 6. The molecule has 1 N–H and O–H groups in total. The standard InChI is InChI=1S/C29H32N2O14/c1-30(14-25(34)35)23-8-4-21(5-9-23)28(38)44-15-26(36)42-12-2-3-13-43-27(37)16-45-29(39)22-6-10-24(11-7-22)31(17-40-19-32)18-41-20-33/h4-11,19-20H,2-3,12-18H2,1H3,(H,34,35). The maximum Gasteiger partial charge on any atom is 0.344 e. The van der Waals surface area contributed by atoms with Gasteiger partial charge >= 0.3 is 29.8 Å². The molecule has 0 bridgehead atoms. The average Bonchev–Trinajstić information content (AvgIpc) is 3.04. The van der Waals surface area contributed by atoms with Gasteiger partial charge in [-0.1, -0.05) is 0 Å². The van der Waals surface area contributed by atoms with Gasteiger partial charge in [0.05, 0.1) is 24.3 Å². The molecule has 2 aromatic rings. The lowest BCUT2D eigenvalue weighted by atomic mass is 10.2. The first-order valence-corrected chi connectivity index (χ1v) is 13.3. The molecule has 0 spiro atoms. The maximum absolute atomic E-state index is 12.2. The Labute approximate surface area is 257 Å². The zero-order valence-corrected chi connectivity index (χ0v) is 24.3. The number of aliphatic carboxylic acids is 1. The highest BCUT2D eigenvalue weighted by Crippen LogP contribution is 2.16. The number of hydrogen-bond donors (Lipinski definition) is 1. The van der Waals surface area contributed by atoms with Crippen molar-refractivity contribution in [2.75, 3.05) is 63.3 Å². The molecule has 2 aromatic carbocycles. The first kappa shape index (κ1) is 35.5. The third-order valence-electron chi connectivity index (χ3n) is 5.69. The Hall–Kier alpha value is -5.67. The Kier molecular flexibility index (Phi) is 15.4. The van der Waals surface area contributed by atoms with Gasteiger partial charge in [0.1, 0.15) is 6.54 Å². The van der Waals surface area contributed by atoms with Crippen LogP contribution in [-0.4, -0.2) is 101 Å². The van der Waals surface area contributed by atoms with Crippen molar-refractivity contribution < 1.29 is 67.1 Å². The molecular weight excluding hydrogens is 600 g/mol. The van der Waals surface area contributed by atoms with Crippen LogP contribution in [0.15, 0.2) is 48.5 Å². The molecule has 2 rings (SSSR count). The Bertz CT molecular complexity index is 1290. The molecule has 0 amide bonds. The SMILES string of the molecule is CN(CC(=O)O)c1ccc(C(=O)OCC(=O)OCCCCOC(=O)COC(=O)c2ccc(N(COC=O)COC=O)cc2)cc1. The Morgan fingerprint density at radius 1 is 0.667 bits per heavy atom. The van der Waals surface area contributed by atoms with Crippen molar-refractivity contribution in [2.24, 2.45) is 0 Å². The third-order valence-corrected chi connectivity index (χ3v) is 5.69. The quantitative estimate of drug-likeness (QED) is 0.0674. The highest BCUT2D eigenvalue weighted by Gasteiger charge is 2.15. The largest absolute Gasteiger partial charge is 0.480 e. The molecule has 16 heteroatoms. The van der Waals surface area contributed by atoms with Gasteiger partial charge in [0, 0.05) is 18.4 Å². The van der Waals surface area contributed by atoms with Gasteiger partial charge in [0.2, 0.25) is 0 Å². The van der Waals surface area contributed by atoms with Crippen molar-refractivity contribution in [3.05, 3.63) is 59.7 Å². The molecule has 0 heterocycles. The molecule has 0 fully saturated rings. The van der Waals surface area contributed by atoms with Crippen molar-refractivity contribution in [2.45, 2.75) is 12.8 Å². The summed E-state index contributed by atoms with van der Waals surface area (Å²) in [5.74, 6) is -4.09.